The summed E-state index contributed by atoms with van der Waals surface area (Å²) in [5.74, 6) is -0.873. The molecule has 1 atom stereocenters. The Morgan fingerprint density at radius 1 is 0.259 bits per heavy atom. The van der Waals surface area contributed by atoms with Crippen molar-refractivity contribution in [2.45, 2.75) is 348 Å². The van der Waals surface area contributed by atoms with Gasteiger partial charge in [0.05, 0.1) is 0 Å². The van der Waals surface area contributed by atoms with Crippen molar-refractivity contribution in [2.24, 2.45) is 0 Å². The monoisotopic (exact) mass is 1130 g/mol. The van der Waals surface area contributed by atoms with E-state index in [-0.39, 0.29) is 31.1 Å². The molecule has 0 bridgehead atoms. The third kappa shape index (κ3) is 67.0. The predicted molar refractivity (Wildman–Crippen MR) is 353 cm³/mol. The number of rotatable bonds is 63. The number of esters is 3. The highest BCUT2D eigenvalue weighted by molar-refractivity contribution is 5.71. The van der Waals surface area contributed by atoms with Gasteiger partial charge in [0, 0.05) is 19.3 Å². The standard InChI is InChI=1S/C75H130O6/c1-4-7-10-13-16-19-22-25-28-30-32-33-34-35-36-37-38-39-40-41-42-43-44-46-47-50-53-56-59-62-65-68-74(77)80-71-72(70-79-73(76)67-64-61-58-55-52-49-27-24-21-18-15-12-9-6-3)81-75(78)69-66-63-60-57-54-51-48-45-31-29-26-23-20-17-14-11-8-5-2/h7,10,16,19,25,28,32-33,35-36,38-39,41-42,44,46,72H,4-6,8-9,11-15,17-18,20-24,26-27,29-31,34,37,40,43,45,47-71H2,1-3H3/b10-7-,19-16-,28-25-,33-32-,36-35-,39-38-,42-41-,46-44-. The van der Waals surface area contributed by atoms with Crippen LogP contribution in [0.3, 0.4) is 0 Å². The summed E-state index contributed by atoms with van der Waals surface area (Å²) >= 11 is 0. The molecular formula is C75H130O6. The molecule has 0 radical (unpaired) electrons. The number of ether oxygens (including phenoxy) is 3. The van der Waals surface area contributed by atoms with E-state index in [0.717, 1.165) is 122 Å². The molecule has 6 heteroatoms. The second-order valence-corrected chi connectivity index (χ2v) is 23.1. The first kappa shape index (κ1) is 77.3. The van der Waals surface area contributed by atoms with Gasteiger partial charge in [-0.1, -0.05) is 336 Å². The van der Waals surface area contributed by atoms with Gasteiger partial charge in [-0.3, -0.25) is 14.4 Å². The molecule has 81 heavy (non-hydrogen) atoms. The van der Waals surface area contributed by atoms with E-state index in [9.17, 15) is 14.4 Å². The summed E-state index contributed by atoms with van der Waals surface area (Å²) in [6.45, 7) is 6.56. The average molecular weight is 1130 g/mol. The van der Waals surface area contributed by atoms with Gasteiger partial charge in [-0.05, 0) is 83.5 Å². The summed E-state index contributed by atoms with van der Waals surface area (Å²) in [7, 11) is 0. The van der Waals surface area contributed by atoms with Crippen molar-refractivity contribution in [3.05, 3.63) is 97.2 Å². The van der Waals surface area contributed by atoms with E-state index in [1.807, 2.05) is 0 Å². The van der Waals surface area contributed by atoms with Gasteiger partial charge < -0.3 is 14.2 Å². The van der Waals surface area contributed by atoms with Crippen LogP contribution < -0.4 is 0 Å². The summed E-state index contributed by atoms with van der Waals surface area (Å²) in [6, 6.07) is 0. The van der Waals surface area contributed by atoms with E-state index in [4.69, 9.17) is 14.2 Å². The van der Waals surface area contributed by atoms with Gasteiger partial charge in [-0.15, -0.1) is 0 Å². The van der Waals surface area contributed by atoms with E-state index in [1.165, 1.54) is 180 Å². The summed E-state index contributed by atoms with van der Waals surface area (Å²) in [5.41, 5.74) is 0. The third-order valence-electron chi connectivity index (χ3n) is 15.1. The molecule has 0 heterocycles. The second kappa shape index (κ2) is 68.8. The zero-order valence-electron chi connectivity index (χ0n) is 53.5. The van der Waals surface area contributed by atoms with Crippen molar-refractivity contribution in [2.75, 3.05) is 13.2 Å². The Morgan fingerprint density at radius 3 is 0.753 bits per heavy atom. The van der Waals surface area contributed by atoms with Crippen LogP contribution in [-0.2, 0) is 28.6 Å². The Bertz CT molecular complexity index is 1580. The maximum atomic E-state index is 12.9. The fourth-order valence-electron chi connectivity index (χ4n) is 9.93. The molecule has 466 valence electrons. The third-order valence-corrected chi connectivity index (χ3v) is 15.1. The van der Waals surface area contributed by atoms with Crippen LogP contribution in [0.15, 0.2) is 97.2 Å². The van der Waals surface area contributed by atoms with E-state index in [2.05, 4.69) is 118 Å². The minimum Gasteiger partial charge on any atom is -0.462 e. The van der Waals surface area contributed by atoms with Crippen LogP contribution in [0.5, 0.6) is 0 Å². The molecule has 0 aromatic carbocycles. The number of carbonyl (C=O) groups is 3. The number of carbonyl (C=O) groups excluding carboxylic acids is 3. The average Bonchev–Trinajstić information content (AvgIpc) is 3.47. The van der Waals surface area contributed by atoms with Crippen LogP contribution in [0.4, 0.5) is 0 Å². The summed E-state index contributed by atoms with van der Waals surface area (Å²) < 4.78 is 17.0. The van der Waals surface area contributed by atoms with Gasteiger partial charge in [0.1, 0.15) is 13.2 Å². The largest absolute Gasteiger partial charge is 0.462 e. The highest BCUT2D eigenvalue weighted by atomic mass is 16.6. The Morgan fingerprint density at radius 2 is 0.481 bits per heavy atom. The van der Waals surface area contributed by atoms with Crippen molar-refractivity contribution < 1.29 is 28.6 Å². The molecule has 0 N–H and O–H groups in total. The molecule has 0 saturated heterocycles. The fraction of sp³-hybridized carbons (Fsp3) is 0.747. The molecule has 0 aliphatic heterocycles. The Kier molecular flexibility index (Phi) is 65.7. The van der Waals surface area contributed by atoms with Crippen LogP contribution in [-0.4, -0.2) is 37.2 Å². The van der Waals surface area contributed by atoms with Gasteiger partial charge in [-0.2, -0.15) is 0 Å². The first-order valence-electron chi connectivity index (χ1n) is 34.7. The molecule has 0 aliphatic carbocycles. The lowest BCUT2D eigenvalue weighted by Gasteiger charge is -2.18. The number of allylic oxidation sites excluding steroid dienone is 16. The zero-order valence-corrected chi connectivity index (χ0v) is 53.5. The highest BCUT2D eigenvalue weighted by Crippen LogP contribution is 2.17. The van der Waals surface area contributed by atoms with Crippen molar-refractivity contribution in [1.82, 2.24) is 0 Å². The zero-order chi connectivity index (χ0) is 58.5. The molecule has 0 aliphatic rings. The quantitative estimate of drug-likeness (QED) is 0.0261. The molecule has 0 amide bonds. The summed E-state index contributed by atoms with van der Waals surface area (Å²) in [6.07, 6.45) is 92.8. The highest BCUT2D eigenvalue weighted by Gasteiger charge is 2.19. The summed E-state index contributed by atoms with van der Waals surface area (Å²) in [4.78, 5) is 38.4. The molecule has 1 unspecified atom stereocenters. The minimum absolute atomic E-state index is 0.0768. The first-order chi connectivity index (χ1) is 40.0. The molecule has 0 aromatic heterocycles. The van der Waals surface area contributed by atoms with Crippen LogP contribution in [0.2, 0.25) is 0 Å². The molecule has 0 saturated carbocycles. The van der Waals surface area contributed by atoms with Crippen LogP contribution >= 0.6 is 0 Å². The number of hydrogen-bond donors (Lipinski definition) is 0. The van der Waals surface area contributed by atoms with Crippen LogP contribution in [0, 0.1) is 0 Å². The second-order valence-electron chi connectivity index (χ2n) is 23.1. The predicted octanol–water partition coefficient (Wildman–Crippen LogP) is 24.0. The van der Waals surface area contributed by atoms with Crippen LogP contribution in [0.25, 0.3) is 0 Å². The SMILES string of the molecule is CC/C=C\C/C=C\C/C=C\C/C=C\C/C=C\C/C=C\C/C=C\C/C=C\CCCCCCCCC(=O)OCC(COC(=O)CCCCCCCCCCCCCCCC)OC(=O)CCCCCCCCCCCCCCCCCCCC. The molecule has 0 rings (SSSR count). The maximum Gasteiger partial charge on any atom is 0.306 e. The van der Waals surface area contributed by atoms with Gasteiger partial charge in [0.2, 0.25) is 0 Å². The lowest BCUT2D eigenvalue weighted by atomic mass is 10.0. The molecule has 0 aromatic rings. The van der Waals surface area contributed by atoms with Crippen molar-refractivity contribution >= 4 is 17.9 Å². The molecule has 6 nitrogen and oxygen atoms in total. The van der Waals surface area contributed by atoms with E-state index in [1.54, 1.807) is 0 Å². The van der Waals surface area contributed by atoms with E-state index in [0.29, 0.717) is 19.3 Å². The first-order valence-corrected chi connectivity index (χ1v) is 34.7. The Hall–Kier alpha value is -3.67. The fourth-order valence-corrected chi connectivity index (χ4v) is 9.93. The normalized spacial score (nSPS) is 12.7. The topological polar surface area (TPSA) is 78.9 Å². The van der Waals surface area contributed by atoms with Gasteiger partial charge in [-0.25, -0.2) is 0 Å². The smallest absolute Gasteiger partial charge is 0.306 e. The molecule has 0 spiro atoms. The lowest BCUT2D eigenvalue weighted by molar-refractivity contribution is -0.167. The Balaban J connectivity index is 4.31. The number of unbranched alkanes of at least 4 members (excludes halogenated alkanes) is 36. The van der Waals surface area contributed by atoms with E-state index >= 15 is 0 Å². The molecular weight excluding hydrogens is 997 g/mol. The Labute approximate surface area is 502 Å². The summed E-state index contributed by atoms with van der Waals surface area (Å²) in [5, 5.41) is 0. The minimum atomic E-state index is -0.782. The van der Waals surface area contributed by atoms with Gasteiger partial charge in [0.25, 0.3) is 0 Å². The lowest BCUT2D eigenvalue weighted by Crippen LogP contribution is -2.30. The van der Waals surface area contributed by atoms with Crippen molar-refractivity contribution in [1.29, 1.82) is 0 Å². The van der Waals surface area contributed by atoms with E-state index < -0.39 is 6.10 Å². The van der Waals surface area contributed by atoms with Crippen molar-refractivity contribution in [3.63, 3.8) is 0 Å². The van der Waals surface area contributed by atoms with Crippen molar-refractivity contribution in [3.8, 4) is 0 Å². The van der Waals surface area contributed by atoms with Gasteiger partial charge >= 0.3 is 17.9 Å². The molecule has 0 fully saturated rings. The van der Waals surface area contributed by atoms with Gasteiger partial charge in [0.15, 0.2) is 6.10 Å². The number of hydrogen-bond acceptors (Lipinski definition) is 6. The van der Waals surface area contributed by atoms with Crippen LogP contribution in [0.1, 0.15) is 342 Å². The maximum absolute atomic E-state index is 12.9.